The van der Waals surface area contributed by atoms with Gasteiger partial charge in [-0.3, -0.25) is 4.79 Å². The summed E-state index contributed by atoms with van der Waals surface area (Å²) in [6.07, 6.45) is 64.9. The van der Waals surface area contributed by atoms with E-state index >= 15 is 0 Å². The van der Waals surface area contributed by atoms with E-state index in [1.54, 1.807) is 6.08 Å². The fourth-order valence-corrected chi connectivity index (χ4v) is 11.1. The average Bonchev–Trinajstić information content (AvgIpc) is 3.41. The summed E-state index contributed by atoms with van der Waals surface area (Å²) < 4.78 is 11.3. The standard InChI is InChI=1S/C66H129NO8/c1-3-5-7-9-11-13-15-17-18-19-20-21-22-23-24-25-26-27-28-29-30-31-32-33-34-35-36-37-38-39-40-41-42-43-44-46-48-50-52-54-56-62(70)67-59(58-74-66-65(73)64(72)63(71)61(57-68)75-66)60(69)55-53-51-49-47-45-16-14-12-10-8-6-4-2/h53,55,59-61,63-66,68-69,71-73H,3-52,54,56-58H2,1-2H3,(H,67,70)/b55-53+. The second-order valence-electron chi connectivity index (χ2n) is 23.6. The third-order valence-electron chi connectivity index (χ3n) is 16.4. The van der Waals surface area contributed by atoms with Gasteiger partial charge in [-0.1, -0.05) is 334 Å². The Balaban J connectivity index is 1.98. The quantitative estimate of drug-likeness (QED) is 0.0261. The third-order valence-corrected chi connectivity index (χ3v) is 16.4. The molecule has 1 aliphatic heterocycles. The first kappa shape index (κ1) is 71.9. The number of nitrogens with one attached hydrogen (secondary N) is 1. The Morgan fingerprint density at radius 1 is 0.440 bits per heavy atom. The summed E-state index contributed by atoms with van der Waals surface area (Å²) in [5.41, 5.74) is 0. The fraction of sp³-hybridized carbons (Fsp3) is 0.955. The molecule has 1 aliphatic rings. The molecule has 9 nitrogen and oxygen atoms in total. The van der Waals surface area contributed by atoms with Crippen LogP contribution in [0.4, 0.5) is 0 Å². The minimum absolute atomic E-state index is 0.170. The van der Waals surface area contributed by atoms with Crippen LogP contribution in [0.2, 0.25) is 0 Å². The molecule has 1 saturated heterocycles. The summed E-state index contributed by atoms with van der Waals surface area (Å²) in [7, 11) is 0. The van der Waals surface area contributed by atoms with Crippen molar-refractivity contribution in [3.05, 3.63) is 12.2 Å². The van der Waals surface area contributed by atoms with Crippen molar-refractivity contribution in [3.63, 3.8) is 0 Å². The Hall–Kier alpha value is -1.07. The van der Waals surface area contributed by atoms with Crippen LogP contribution in [0.1, 0.15) is 348 Å². The number of rotatable bonds is 59. The molecule has 75 heavy (non-hydrogen) atoms. The molecule has 0 radical (unpaired) electrons. The first-order valence-corrected chi connectivity index (χ1v) is 33.4. The molecule has 6 N–H and O–H groups in total. The van der Waals surface area contributed by atoms with E-state index < -0.39 is 49.5 Å². The topological polar surface area (TPSA) is 149 Å². The minimum atomic E-state index is -1.56. The van der Waals surface area contributed by atoms with E-state index in [1.807, 2.05) is 6.08 Å². The summed E-state index contributed by atoms with van der Waals surface area (Å²) in [6, 6.07) is -0.800. The van der Waals surface area contributed by atoms with Crippen molar-refractivity contribution in [1.29, 1.82) is 0 Å². The van der Waals surface area contributed by atoms with Gasteiger partial charge >= 0.3 is 0 Å². The van der Waals surface area contributed by atoms with Crippen molar-refractivity contribution >= 4 is 5.91 Å². The Bertz CT molecular complexity index is 1190. The number of ether oxygens (including phenoxy) is 2. The van der Waals surface area contributed by atoms with Crippen LogP contribution < -0.4 is 5.32 Å². The van der Waals surface area contributed by atoms with Gasteiger partial charge in [0.25, 0.3) is 0 Å². The molecule has 0 spiro atoms. The van der Waals surface area contributed by atoms with Gasteiger partial charge in [-0.2, -0.15) is 0 Å². The number of amides is 1. The lowest BCUT2D eigenvalue weighted by molar-refractivity contribution is -0.302. The largest absolute Gasteiger partial charge is 0.394 e. The molecule has 1 amide bonds. The zero-order chi connectivity index (χ0) is 54.3. The van der Waals surface area contributed by atoms with Gasteiger partial charge in [0.05, 0.1) is 25.4 Å². The van der Waals surface area contributed by atoms with E-state index in [2.05, 4.69) is 19.2 Å². The Morgan fingerprint density at radius 3 is 1.04 bits per heavy atom. The highest BCUT2D eigenvalue weighted by Gasteiger charge is 2.44. The van der Waals surface area contributed by atoms with Crippen LogP contribution in [0.25, 0.3) is 0 Å². The van der Waals surface area contributed by atoms with Gasteiger partial charge in [0.2, 0.25) is 5.91 Å². The van der Waals surface area contributed by atoms with Crippen LogP contribution in [0.3, 0.4) is 0 Å². The second kappa shape index (κ2) is 56.2. The van der Waals surface area contributed by atoms with E-state index in [9.17, 15) is 30.3 Å². The number of aliphatic hydroxyl groups excluding tert-OH is 5. The number of allylic oxidation sites excluding steroid dienone is 1. The van der Waals surface area contributed by atoms with Crippen LogP contribution in [0.15, 0.2) is 12.2 Å². The first-order valence-electron chi connectivity index (χ1n) is 33.4. The average molecular weight is 1060 g/mol. The molecule has 446 valence electrons. The Kier molecular flexibility index (Phi) is 53.9. The molecule has 0 aromatic heterocycles. The van der Waals surface area contributed by atoms with Crippen molar-refractivity contribution in [2.24, 2.45) is 0 Å². The van der Waals surface area contributed by atoms with E-state index in [-0.39, 0.29) is 12.5 Å². The molecule has 0 saturated carbocycles. The molecule has 7 unspecified atom stereocenters. The molecule has 1 fully saturated rings. The van der Waals surface area contributed by atoms with Gasteiger partial charge in [-0.15, -0.1) is 0 Å². The lowest BCUT2D eigenvalue weighted by Crippen LogP contribution is -2.60. The minimum Gasteiger partial charge on any atom is -0.394 e. The van der Waals surface area contributed by atoms with Crippen molar-refractivity contribution in [3.8, 4) is 0 Å². The maximum atomic E-state index is 13.0. The van der Waals surface area contributed by atoms with Crippen molar-refractivity contribution < 1.29 is 39.8 Å². The summed E-state index contributed by atoms with van der Waals surface area (Å²) in [5.74, 6) is -0.170. The van der Waals surface area contributed by atoms with Crippen LogP contribution in [0, 0.1) is 0 Å². The van der Waals surface area contributed by atoms with E-state index in [4.69, 9.17) is 9.47 Å². The molecule has 9 heteroatoms. The van der Waals surface area contributed by atoms with E-state index in [0.717, 1.165) is 38.5 Å². The normalized spacial score (nSPS) is 18.8. The highest BCUT2D eigenvalue weighted by molar-refractivity contribution is 5.76. The van der Waals surface area contributed by atoms with E-state index in [1.165, 1.54) is 289 Å². The molecule has 1 rings (SSSR count). The number of aliphatic hydroxyl groups is 5. The van der Waals surface area contributed by atoms with Crippen LogP contribution in [-0.4, -0.2) is 87.5 Å². The molecule has 0 aliphatic carbocycles. The fourth-order valence-electron chi connectivity index (χ4n) is 11.1. The lowest BCUT2D eigenvalue weighted by Gasteiger charge is -2.40. The Labute approximate surface area is 465 Å². The molecule has 1 heterocycles. The third kappa shape index (κ3) is 45.4. The summed E-state index contributed by atoms with van der Waals surface area (Å²) in [6.45, 7) is 3.81. The number of hydrogen-bond donors (Lipinski definition) is 6. The SMILES string of the molecule is CCCCCCCCCCCC/C=C/C(O)C(COC1OC(CO)C(O)C(O)C1O)NC(=O)CCCCCCCCCCCCCCCCCCCCCCCCCCCCCCCCCCCCCCCCCC. The summed E-state index contributed by atoms with van der Waals surface area (Å²) >= 11 is 0. The summed E-state index contributed by atoms with van der Waals surface area (Å²) in [4.78, 5) is 13.0. The molecule has 7 atom stereocenters. The summed E-state index contributed by atoms with van der Waals surface area (Å²) in [5, 5.41) is 54.4. The van der Waals surface area contributed by atoms with Gasteiger partial charge < -0.3 is 40.3 Å². The lowest BCUT2D eigenvalue weighted by atomic mass is 9.99. The van der Waals surface area contributed by atoms with Gasteiger partial charge in [0, 0.05) is 6.42 Å². The first-order chi connectivity index (χ1) is 36.8. The Morgan fingerprint density at radius 2 is 0.733 bits per heavy atom. The van der Waals surface area contributed by atoms with Gasteiger partial charge in [0.1, 0.15) is 24.4 Å². The van der Waals surface area contributed by atoms with Gasteiger partial charge in [0.15, 0.2) is 6.29 Å². The zero-order valence-electron chi connectivity index (χ0n) is 49.8. The smallest absolute Gasteiger partial charge is 0.220 e. The second-order valence-corrected chi connectivity index (χ2v) is 23.6. The number of carbonyl (C=O) groups excluding carboxylic acids is 1. The van der Waals surface area contributed by atoms with E-state index in [0.29, 0.717) is 6.42 Å². The number of unbranched alkanes of at least 4 members (excludes halogenated alkanes) is 49. The van der Waals surface area contributed by atoms with Gasteiger partial charge in [-0.05, 0) is 19.3 Å². The number of carbonyl (C=O) groups is 1. The zero-order valence-corrected chi connectivity index (χ0v) is 49.8. The van der Waals surface area contributed by atoms with Crippen molar-refractivity contribution in [2.45, 2.75) is 391 Å². The molecule has 0 aromatic carbocycles. The monoisotopic (exact) mass is 1060 g/mol. The molecule has 0 bridgehead atoms. The van der Waals surface area contributed by atoms with Crippen LogP contribution in [0.5, 0.6) is 0 Å². The molecule has 0 aromatic rings. The van der Waals surface area contributed by atoms with Crippen molar-refractivity contribution in [1.82, 2.24) is 5.32 Å². The predicted octanol–water partition coefficient (Wildman–Crippen LogP) is 17.5. The predicted molar refractivity (Wildman–Crippen MR) is 318 cm³/mol. The molecular weight excluding hydrogens is 935 g/mol. The molecular formula is C66H129NO8. The van der Waals surface area contributed by atoms with Crippen LogP contribution in [-0.2, 0) is 14.3 Å². The maximum Gasteiger partial charge on any atom is 0.220 e. The van der Waals surface area contributed by atoms with Gasteiger partial charge in [-0.25, -0.2) is 0 Å². The van der Waals surface area contributed by atoms with Crippen molar-refractivity contribution in [2.75, 3.05) is 13.2 Å². The number of hydrogen-bond acceptors (Lipinski definition) is 8. The highest BCUT2D eigenvalue weighted by Crippen LogP contribution is 2.23. The highest BCUT2D eigenvalue weighted by atomic mass is 16.7. The van der Waals surface area contributed by atoms with Crippen LogP contribution >= 0.6 is 0 Å². The maximum absolute atomic E-state index is 13.0.